The molecule has 0 spiro atoms. The van der Waals surface area contributed by atoms with Crippen LogP contribution in [0.2, 0.25) is 0 Å². The molecule has 1 aromatic heterocycles. The number of imidazole rings is 1. The van der Waals surface area contributed by atoms with E-state index in [2.05, 4.69) is 48.3 Å². The van der Waals surface area contributed by atoms with Crippen molar-refractivity contribution in [3.05, 3.63) is 30.1 Å². The van der Waals surface area contributed by atoms with Crippen molar-refractivity contribution < 1.29 is 14.7 Å². The Morgan fingerprint density at radius 2 is 2.00 bits per heavy atom. The molecule has 4 N–H and O–H groups in total. The van der Waals surface area contributed by atoms with Crippen molar-refractivity contribution in [2.45, 2.75) is 91.1 Å². The zero-order valence-corrected chi connectivity index (χ0v) is 20.5. The highest BCUT2D eigenvalue weighted by molar-refractivity contribution is 5.88. The van der Waals surface area contributed by atoms with Crippen molar-refractivity contribution >= 4 is 22.8 Å². The number of nitrogens with one attached hydrogen (secondary N) is 3. The van der Waals surface area contributed by atoms with E-state index < -0.39 is 12.3 Å². The second-order valence-electron chi connectivity index (χ2n) is 10.5. The number of carbonyl (C=O) groups excluding carboxylic acids is 2. The smallest absolute Gasteiger partial charge is 0.243 e. The molecule has 8 nitrogen and oxygen atoms in total. The molecule has 2 amide bonds. The number of H-pyrrole nitrogens is 1. The molecular formula is C25H39N5O3. The van der Waals surface area contributed by atoms with Crippen molar-refractivity contribution in [3.8, 4) is 0 Å². The van der Waals surface area contributed by atoms with Gasteiger partial charge in [0.15, 0.2) is 0 Å². The van der Waals surface area contributed by atoms with Crippen LogP contribution in [-0.4, -0.2) is 56.6 Å². The van der Waals surface area contributed by atoms with E-state index in [1.54, 1.807) is 0 Å². The molecule has 182 valence electrons. The fourth-order valence-corrected chi connectivity index (χ4v) is 4.29. The van der Waals surface area contributed by atoms with Crippen LogP contribution in [0.1, 0.15) is 78.6 Å². The third-order valence-electron chi connectivity index (χ3n) is 6.36. The Morgan fingerprint density at radius 1 is 1.27 bits per heavy atom. The number of likely N-dealkylation sites (tertiary alicyclic amines) is 1. The summed E-state index contributed by atoms with van der Waals surface area (Å²) in [6, 6.07) is 6.75. The van der Waals surface area contributed by atoms with Gasteiger partial charge < -0.3 is 20.7 Å². The molecule has 2 aromatic rings. The van der Waals surface area contributed by atoms with Gasteiger partial charge in [-0.2, -0.15) is 0 Å². The Labute approximate surface area is 196 Å². The lowest BCUT2D eigenvalue weighted by Crippen LogP contribution is -2.51. The third-order valence-corrected chi connectivity index (χ3v) is 6.36. The molecule has 0 bridgehead atoms. The maximum Gasteiger partial charge on any atom is 0.243 e. The number of aromatic amines is 1. The number of carbonyl (C=O) groups is 2. The van der Waals surface area contributed by atoms with Crippen LogP contribution in [0.5, 0.6) is 0 Å². The maximum atomic E-state index is 13.2. The molecule has 1 aliphatic rings. The lowest BCUT2D eigenvalue weighted by molar-refractivity contribution is -0.131. The van der Waals surface area contributed by atoms with E-state index in [1.807, 2.05) is 36.1 Å². The van der Waals surface area contributed by atoms with Gasteiger partial charge >= 0.3 is 0 Å². The quantitative estimate of drug-likeness (QED) is 0.462. The molecule has 33 heavy (non-hydrogen) atoms. The van der Waals surface area contributed by atoms with E-state index in [4.69, 9.17) is 0 Å². The van der Waals surface area contributed by atoms with Crippen molar-refractivity contribution in [2.24, 2.45) is 5.41 Å². The van der Waals surface area contributed by atoms with Gasteiger partial charge in [-0.25, -0.2) is 4.98 Å². The number of para-hydroxylation sites is 2. The maximum absolute atomic E-state index is 13.2. The van der Waals surface area contributed by atoms with Gasteiger partial charge in [0.2, 0.25) is 11.8 Å². The van der Waals surface area contributed by atoms with Crippen LogP contribution in [0.3, 0.4) is 0 Å². The van der Waals surface area contributed by atoms with Crippen LogP contribution in [-0.2, 0) is 9.59 Å². The summed E-state index contributed by atoms with van der Waals surface area (Å²) in [4.78, 5) is 35.7. The highest BCUT2D eigenvalue weighted by Gasteiger charge is 2.32. The van der Waals surface area contributed by atoms with E-state index >= 15 is 0 Å². The van der Waals surface area contributed by atoms with Crippen molar-refractivity contribution in [3.63, 3.8) is 0 Å². The summed E-state index contributed by atoms with van der Waals surface area (Å²) >= 11 is 0. The second kappa shape index (κ2) is 10.7. The normalized spacial score (nSPS) is 19.9. The summed E-state index contributed by atoms with van der Waals surface area (Å²) in [6.45, 7) is 11.0. The minimum Gasteiger partial charge on any atom is -0.378 e. The number of hydrogen-bond donors (Lipinski definition) is 4. The number of aromatic nitrogens is 2. The minimum absolute atomic E-state index is 0.0232. The predicted octanol–water partition coefficient (Wildman–Crippen LogP) is 3.24. The van der Waals surface area contributed by atoms with Crippen LogP contribution in [0.25, 0.3) is 11.0 Å². The van der Waals surface area contributed by atoms with Crippen LogP contribution in [0.15, 0.2) is 24.3 Å². The first-order chi connectivity index (χ1) is 15.5. The van der Waals surface area contributed by atoms with Crippen LogP contribution < -0.4 is 10.6 Å². The van der Waals surface area contributed by atoms with Crippen molar-refractivity contribution in [1.29, 1.82) is 0 Å². The van der Waals surface area contributed by atoms with Gasteiger partial charge in [-0.3, -0.25) is 14.5 Å². The highest BCUT2D eigenvalue weighted by Crippen LogP contribution is 2.22. The molecular weight excluding hydrogens is 418 g/mol. The zero-order chi connectivity index (χ0) is 24.2. The Morgan fingerprint density at radius 3 is 2.64 bits per heavy atom. The van der Waals surface area contributed by atoms with E-state index in [0.717, 1.165) is 30.4 Å². The van der Waals surface area contributed by atoms with Gasteiger partial charge in [-0.1, -0.05) is 32.9 Å². The Kier molecular flexibility index (Phi) is 8.13. The molecule has 3 rings (SSSR count). The summed E-state index contributed by atoms with van der Waals surface area (Å²) in [6.07, 6.45) is 2.45. The second-order valence-corrected chi connectivity index (χ2v) is 10.5. The molecule has 1 fully saturated rings. The van der Waals surface area contributed by atoms with Crippen LogP contribution in [0.4, 0.5) is 0 Å². The molecule has 1 aromatic carbocycles. The molecule has 1 aliphatic heterocycles. The Bertz CT molecular complexity index is 918. The minimum atomic E-state index is -0.827. The number of fused-ring (bicyclic) bond motifs is 1. The number of rotatable bonds is 9. The fourth-order valence-electron chi connectivity index (χ4n) is 4.29. The molecule has 0 aliphatic carbocycles. The first-order valence-corrected chi connectivity index (χ1v) is 12.0. The van der Waals surface area contributed by atoms with E-state index in [0.29, 0.717) is 18.7 Å². The summed E-state index contributed by atoms with van der Waals surface area (Å²) in [5, 5.41) is 16.7. The van der Waals surface area contributed by atoms with Gasteiger partial charge in [0.05, 0.1) is 17.1 Å². The largest absolute Gasteiger partial charge is 0.378 e. The van der Waals surface area contributed by atoms with Crippen molar-refractivity contribution in [1.82, 2.24) is 25.5 Å². The SMILES string of the molecule is C[C@H](NC(=O)[C@H](CC(O)N1CCC[C@@H]1C)NC(=O)CCC(C)(C)C)c1nc2ccccc2[nH]1. The van der Waals surface area contributed by atoms with E-state index in [-0.39, 0.29) is 35.7 Å². The summed E-state index contributed by atoms with van der Waals surface area (Å²) < 4.78 is 0. The number of hydrogen-bond acceptors (Lipinski definition) is 5. The first kappa shape index (κ1) is 25.2. The molecule has 1 unspecified atom stereocenters. The van der Waals surface area contributed by atoms with Gasteiger partial charge in [-0.15, -0.1) is 0 Å². The summed E-state index contributed by atoms with van der Waals surface area (Å²) in [7, 11) is 0. The van der Waals surface area contributed by atoms with Gasteiger partial charge in [0, 0.05) is 25.4 Å². The van der Waals surface area contributed by atoms with Crippen molar-refractivity contribution in [2.75, 3.05) is 6.54 Å². The summed E-state index contributed by atoms with van der Waals surface area (Å²) in [5.41, 5.74) is 1.76. The number of aliphatic hydroxyl groups is 1. The number of benzene rings is 1. The highest BCUT2D eigenvalue weighted by atomic mass is 16.3. The number of aliphatic hydroxyl groups excluding tert-OH is 1. The average Bonchev–Trinajstić information content (AvgIpc) is 3.37. The Balaban J connectivity index is 1.68. The lowest BCUT2D eigenvalue weighted by atomic mass is 9.90. The standard InChI is InChI=1S/C25H39N5O3/c1-16-9-8-14-30(16)22(32)15-20(27-21(31)12-13-25(3,4)5)24(33)26-17(2)23-28-18-10-6-7-11-19(18)29-23/h6-7,10-11,16-17,20,22,32H,8-9,12-15H2,1-5H3,(H,26,33)(H,27,31)(H,28,29)/t16-,17-,20-,22?/m0/s1. The Hall–Kier alpha value is -2.45. The molecule has 1 saturated heterocycles. The number of nitrogens with zero attached hydrogens (tertiary/aromatic N) is 2. The molecule has 8 heteroatoms. The number of amides is 2. The topological polar surface area (TPSA) is 110 Å². The molecule has 4 atom stereocenters. The molecule has 0 radical (unpaired) electrons. The summed E-state index contributed by atoms with van der Waals surface area (Å²) in [5.74, 6) is 0.150. The first-order valence-electron chi connectivity index (χ1n) is 12.0. The van der Waals surface area contributed by atoms with E-state index in [1.165, 1.54) is 0 Å². The van der Waals surface area contributed by atoms with Gasteiger partial charge in [0.1, 0.15) is 18.1 Å². The van der Waals surface area contributed by atoms with Crippen LogP contribution >= 0.6 is 0 Å². The molecule has 0 saturated carbocycles. The average molecular weight is 458 g/mol. The zero-order valence-electron chi connectivity index (χ0n) is 20.5. The lowest BCUT2D eigenvalue weighted by Gasteiger charge is -2.30. The van der Waals surface area contributed by atoms with E-state index in [9.17, 15) is 14.7 Å². The monoisotopic (exact) mass is 457 g/mol. The fraction of sp³-hybridized carbons (Fsp3) is 0.640. The van der Waals surface area contributed by atoms with Crippen LogP contribution in [0, 0.1) is 5.41 Å². The predicted molar refractivity (Wildman–Crippen MR) is 129 cm³/mol. The third kappa shape index (κ3) is 7.01. The van der Waals surface area contributed by atoms with Gasteiger partial charge in [0.25, 0.3) is 0 Å². The van der Waals surface area contributed by atoms with Gasteiger partial charge in [-0.05, 0) is 50.7 Å². The molecule has 2 heterocycles.